The average molecular weight is 380 g/mol. The number of carbonyl (C=O) groups excluding carboxylic acids is 1. The molecule has 1 aromatic carbocycles. The van der Waals surface area contributed by atoms with Crippen LogP contribution in [-0.4, -0.2) is 32.5 Å². The largest absolute Gasteiger partial charge is 0.451 e. The number of hydrogen-bond acceptors (Lipinski definition) is 5. The van der Waals surface area contributed by atoms with Crippen molar-refractivity contribution in [3.05, 3.63) is 65.8 Å². The number of pyridine rings is 1. The zero-order valence-electron chi connectivity index (χ0n) is 15.2. The molecule has 27 heavy (non-hydrogen) atoms. The van der Waals surface area contributed by atoms with Gasteiger partial charge < -0.3 is 9.73 Å². The van der Waals surface area contributed by atoms with Crippen LogP contribution in [0, 0.1) is 6.92 Å². The zero-order chi connectivity index (χ0) is 18.8. The summed E-state index contributed by atoms with van der Waals surface area (Å²) in [6, 6.07) is 13.2. The number of benzene rings is 1. The summed E-state index contributed by atoms with van der Waals surface area (Å²) < 4.78 is 7.72. The van der Waals surface area contributed by atoms with Gasteiger partial charge in [-0.15, -0.1) is 10.2 Å². The minimum atomic E-state index is -0.255. The highest BCUT2D eigenvalue weighted by Crippen LogP contribution is 2.26. The number of fused-ring (bicyclic) bond motifs is 2. The summed E-state index contributed by atoms with van der Waals surface area (Å²) in [6.45, 7) is 1.91. The lowest BCUT2D eigenvalue weighted by Gasteiger charge is -2.16. The molecule has 0 fully saturated rings. The molecule has 0 aliphatic rings. The first-order valence-electron chi connectivity index (χ1n) is 8.76. The minimum Gasteiger partial charge on any atom is -0.451 e. The number of para-hydroxylation sites is 1. The molecule has 1 atom stereocenters. The van der Waals surface area contributed by atoms with Crippen molar-refractivity contribution in [2.24, 2.45) is 0 Å². The molecule has 3 heterocycles. The van der Waals surface area contributed by atoms with E-state index in [1.807, 2.05) is 66.2 Å². The van der Waals surface area contributed by atoms with Crippen LogP contribution in [0.3, 0.4) is 0 Å². The Bertz CT molecular complexity index is 1100. The van der Waals surface area contributed by atoms with Gasteiger partial charge in [0.25, 0.3) is 5.91 Å². The second-order valence-corrected chi connectivity index (χ2v) is 7.33. The normalized spacial score (nSPS) is 12.5. The lowest BCUT2D eigenvalue weighted by Crippen LogP contribution is -2.30. The third kappa shape index (κ3) is 3.30. The second-order valence-electron chi connectivity index (χ2n) is 6.35. The highest BCUT2D eigenvalue weighted by atomic mass is 32.2. The van der Waals surface area contributed by atoms with Gasteiger partial charge in [0.2, 0.25) is 0 Å². The number of thioether (sulfide) groups is 1. The van der Waals surface area contributed by atoms with Crippen molar-refractivity contribution < 1.29 is 9.21 Å². The molecule has 3 aromatic heterocycles. The maximum absolute atomic E-state index is 13.0. The summed E-state index contributed by atoms with van der Waals surface area (Å²) in [6.07, 6.45) is 4.71. The topological polar surface area (TPSA) is 72.4 Å². The summed E-state index contributed by atoms with van der Waals surface area (Å²) in [5.74, 6) is 1.73. The maximum Gasteiger partial charge on any atom is 0.287 e. The summed E-state index contributed by atoms with van der Waals surface area (Å²) in [7, 11) is 0. The highest BCUT2D eigenvalue weighted by Gasteiger charge is 2.24. The van der Waals surface area contributed by atoms with E-state index < -0.39 is 0 Å². The number of aromatic nitrogens is 3. The Hall–Kier alpha value is -2.80. The molecular formula is C20H20N4O2S. The Kier molecular flexibility index (Phi) is 4.85. The van der Waals surface area contributed by atoms with Crippen LogP contribution in [0.5, 0.6) is 0 Å². The Morgan fingerprint density at radius 1 is 1.22 bits per heavy atom. The molecule has 4 rings (SSSR count). The maximum atomic E-state index is 13.0. The fraction of sp³-hybridized carbons (Fsp3) is 0.250. The second kappa shape index (κ2) is 7.44. The van der Waals surface area contributed by atoms with Gasteiger partial charge in [-0.3, -0.25) is 9.20 Å². The molecule has 0 aliphatic heterocycles. The molecule has 0 saturated heterocycles. The zero-order valence-corrected chi connectivity index (χ0v) is 16.0. The number of rotatable bonds is 6. The first-order valence-corrected chi connectivity index (χ1v) is 10.2. The lowest BCUT2D eigenvalue weighted by atomic mass is 10.1. The third-order valence-corrected chi connectivity index (χ3v) is 5.26. The van der Waals surface area contributed by atoms with Crippen molar-refractivity contribution in [2.75, 3.05) is 12.0 Å². The molecule has 7 heteroatoms. The Morgan fingerprint density at radius 2 is 2.04 bits per heavy atom. The van der Waals surface area contributed by atoms with Crippen LogP contribution in [0.4, 0.5) is 0 Å². The van der Waals surface area contributed by atoms with E-state index in [9.17, 15) is 4.79 Å². The first kappa shape index (κ1) is 17.6. The molecule has 0 spiro atoms. The molecule has 4 aromatic rings. The number of nitrogens with zero attached hydrogens (tertiary/aromatic N) is 3. The van der Waals surface area contributed by atoms with Gasteiger partial charge in [0, 0.05) is 17.1 Å². The van der Waals surface area contributed by atoms with Gasteiger partial charge in [0.15, 0.2) is 17.2 Å². The summed E-state index contributed by atoms with van der Waals surface area (Å²) >= 11 is 1.73. The fourth-order valence-electron chi connectivity index (χ4n) is 3.21. The molecule has 1 amide bonds. The van der Waals surface area contributed by atoms with Gasteiger partial charge in [0.05, 0.1) is 6.04 Å². The molecule has 6 nitrogen and oxygen atoms in total. The Balaban J connectivity index is 1.67. The van der Waals surface area contributed by atoms with Gasteiger partial charge in [-0.25, -0.2) is 0 Å². The van der Waals surface area contributed by atoms with Gasteiger partial charge in [0.1, 0.15) is 5.58 Å². The molecule has 0 bridgehead atoms. The number of carbonyl (C=O) groups is 1. The minimum absolute atomic E-state index is 0.234. The van der Waals surface area contributed by atoms with Crippen molar-refractivity contribution in [1.82, 2.24) is 19.9 Å². The van der Waals surface area contributed by atoms with Crippen LogP contribution in [0.2, 0.25) is 0 Å². The van der Waals surface area contributed by atoms with Gasteiger partial charge in [-0.2, -0.15) is 11.8 Å². The van der Waals surface area contributed by atoms with Crippen molar-refractivity contribution in [3.8, 4) is 0 Å². The van der Waals surface area contributed by atoms with E-state index in [2.05, 4.69) is 15.5 Å². The van der Waals surface area contributed by atoms with Crippen LogP contribution >= 0.6 is 11.8 Å². The van der Waals surface area contributed by atoms with Crippen molar-refractivity contribution in [2.45, 2.75) is 19.4 Å². The molecule has 0 aliphatic carbocycles. The van der Waals surface area contributed by atoms with Crippen molar-refractivity contribution in [3.63, 3.8) is 0 Å². The highest BCUT2D eigenvalue weighted by molar-refractivity contribution is 7.98. The quantitative estimate of drug-likeness (QED) is 0.547. The molecule has 138 valence electrons. The van der Waals surface area contributed by atoms with E-state index in [0.29, 0.717) is 11.3 Å². The Morgan fingerprint density at radius 3 is 2.85 bits per heavy atom. The number of hydrogen-bond donors (Lipinski definition) is 1. The lowest BCUT2D eigenvalue weighted by molar-refractivity contribution is 0.0907. The smallest absolute Gasteiger partial charge is 0.287 e. The molecule has 1 unspecified atom stereocenters. The number of amides is 1. The third-order valence-electron chi connectivity index (χ3n) is 4.62. The van der Waals surface area contributed by atoms with Crippen LogP contribution in [-0.2, 0) is 0 Å². The van der Waals surface area contributed by atoms with Gasteiger partial charge in [-0.05, 0) is 43.6 Å². The monoisotopic (exact) mass is 380 g/mol. The van der Waals surface area contributed by atoms with E-state index >= 15 is 0 Å². The van der Waals surface area contributed by atoms with Crippen LogP contribution in [0.1, 0.15) is 34.4 Å². The predicted octanol–water partition coefficient (Wildman–Crippen LogP) is 4.01. The molecule has 1 N–H and O–H groups in total. The van der Waals surface area contributed by atoms with E-state index in [0.717, 1.165) is 34.6 Å². The van der Waals surface area contributed by atoms with Crippen LogP contribution in [0.25, 0.3) is 16.6 Å². The predicted molar refractivity (Wildman–Crippen MR) is 107 cm³/mol. The van der Waals surface area contributed by atoms with Crippen LogP contribution < -0.4 is 5.32 Å². The van der Waals surface area contributed by atoms with Crippen molar-refractivity contribution >= 4 is 34.3 Å². The standard InChI is InChI=1S/C20H20N4O2S/c1-13-14-7-3-4-8-16(14)26-18(13)20(25)21-15(10-12-27-2)19-23-22-17-9-5-6-11-24(17)19/h3-9,11,15H,10,12H2,1-2H3,(H,21,25). The molecule has 0 saturated carbocycles. The number of furan rings is 1. The van der Waals surface area contributed by atoms with E-state index in [4.69, 9.17) is 4.42 Å². The number of aryl methyl sites for hydroxylation is 1. The molecule has 0 radical (unpaired) electrons. The summed E-state index contributed by atoms with van der Waals surface area (Å²) in [4.78, 5) is 13.0. The fourth-order valence-corrected chi connectivity index (χ4v) is 3.69. The average Bonchev–Trinajstić information content (AvgIpc) is 3.27. The van der Waals surface area contributed by atoms with E-state index in [1.54, 1.807) is 11.8 Å². The van der Waals surface area contributed by atoms with Crippen molar-refractivity contribution in [1.29, 1.82) is 0 Å². The molecular weight excluding hydrogens is 360 g/mol. The van der Waals surface area contributed by atoms with E-state index in [-0.39, 0.29) is 11.9 Å². The van der Waals surface area contributed by atoms with E-state index in [1.165, 1.54) is 0 Å². The first-order chi connectivity index (χ1) is 13.2. The summed E-state index contributed by atoms with van der Waals surface area (Å²) in [5.41, 5.74) is 2.32. The summed E-state index contributed by atoms with van der Waals surface area (Å²) in [5, 5.41) is 12.6. The van der Waals surface area contributed by atoms with Gasteiger partial charge >= 0.3 is 0 Å². The van der Waals surface area contributed by atoms with Gasteiger partial charge in [-0.1, -0.05) is 24.3 Å². The Labute approximate surface area is 161 Å². The van der Waals surface area contributed by atoms with Crippen LogP contribution in [0.15, 0.2) is 53.1 Å². The number of nitrogens with one attached hydrogen (secondary N) is 1. The SMILES string of the molecule is CSCCC(NC(=O)c1oc2ccccc2c1C)c1nnc2ccccn12.